The van der Waals surface area contributed by atoms with Crippen LogP contribution >= 0.6 is 0 Å². The number of benzene rings is 1. The molecular weight excluding hydrogens is 184 g/mol. The van der Waals surface area contributed by atoms with Crippen molar-refractivity contribution in [1.29, 1.82) is 0 Å². The molecule has 2 heteroatoms. The Morgan fingerprint density at radius 2 is 2.07 bits per heavy atom. The molecule has 1 aliphatic heterocycles. The molecule has 82 valence electrons. The fourth-order valence-corrected chi connectivity index (χ4v) is 2.29. The summed E-state index contributed by atoms with van der Waals surface area (Å²) in [5.41, 5.74) is 8.48. The van der Waals surface area contributed by atoms with Gasteiger partial charge < -0.3 is 10.6 Å². The number of hydrogen-bond acceptors (Lipinski definition) is 2. The molecule has 0 atom stereocenters. The van der Waals surface area contributed by atoms with E-state index in [4.69, 9.17) is 5.73 Å². The number of aryl methyl sites for hydroxylation is 1. The molecule has 2 N–H and O–H groups in total. The van der Waals surface area contributed by atoms with Gasteiger partial charge in [0.15, 0.2) is 0 Å². The van der Waals surface area contributed by atoms with Crippen molar-refractivity contribution in [1.82, 2.24) is 0 Å². The van der Waals surface area contributed by atoms with Gasteiger partial charge in [-0.25, -0.2) is 0 Å². The summed E-state index contributed by atoms with van der Waals surface area (Å²) >= 11 is 0. The summed E-state index contributed by atoms with van der Waals surface area (Å²) in [5, 5.41) is 0. The van der Waals surface area contributed by atoms with Crippen LogP contribution in [-0.4, -0.2) is 19.6 Å². The third-order valence-corrected chi connectivity index (χ3v) is 3.09. The number of para-hydroxylation sites is 1. The SMILES string of the molecule is NCCCCN1CCCc2ccccc21. The Kier molecular flexibility index (Phi) is 3.62. The smallest absolute Gasteiger partial charge is 0.0398 e. The minimum atomic E-state index is 0.815. The molecule has 2 nitrogen and oxygen atoms in total. The van der Waals surface area contributed by atoms with E-state index in [0.29, 0.717) is 0 Å². The van der Waals surface area contributed by atoms with Crippen molar-refractivity contribution >= 4 is 5.69 Å². The van der Waals surface area contributed by atoms with Crippen LogP contribution < -0.4 is 10.6 Å². The van der Waals surface area contributed by atoms with Gasteiger partial charge in [0.2, 0.25) is 0 Å². The normalized spacial score (nSPS) is 15.1. The van der Waals surface area contributed by atoms with Crippen LogP contribution in [-0.2, 0) is 6.42 Å². The zero-order valence-electron chi connectivity index (χ0n) is 9.28. The molecule has 0 saturated heterocycles. The zero-order chi connectivity index (χ0) is 10.5. The Bertz CT molecular complexity index is 309. The van der Waals surface area contributed by atoms with E-state index < -0.39 is 0 Å². The highest BCUT2D eigenvalue weighted by molar-refractivity contribution is 5.55. The quantitative estimate of drug-likeness (QED) is 0.762. The van der Waals surface area contributed by atoms with Gasteiger partial charge in [-0.05, 0) is 43.9 Å². The van der Waals surface area contributed by atoms with Crippen molar-refractivity contribution in [2.75, 3.05) is 24.5 Å². The standard InChI is InChI=1S/C13H20N2/c14-9-3-4-10-15-11-5-7-12-6-1-2-8-13(12)15/h1-2,6,8H,3-5,7,9-11,14H2. The van der Waals surface area contributed by atoms with Gasteiger partial charge in [0.1, 0.15) is 0 Å². The first-order chi connectivity index (χ1) is 7.42. The number of nitrogens with two attached hydrogens (primary N) is 1. The summed E-state index contributed by atoms with van der Waals surface area (Å²) < 4.78 is 0. The molecule has 0 radical (unpaired) electrons. The first-order valence-corrected chi connectivity index (χ1v) is 5.95. The molecule has 1 heterocycles. The van der Waals surface area contributed by atoms with E-state index in [-0.39, 0.29) is 0 Å². The van der Waals surface area contributed by atoms with Gasteiger partial charge in [-0.2, -0.15) is 0 Å². The molecule has 0 saturated carbocycles. The first-order valence-electron chi connectivity index (χ1n) is 5.95. The average molecular weight is 204 g/mol. The van der Waals surface area contributed by atoms with Gasteiger partial charge in [0.05, 0.1) is 0 Å². The average Bonchev–Trinajstić information content (AvgIpc) is 2.30. The largest absolute Gasteiger partial charge is 0.371 e. The van der Waals surface area contributed by atoms with Crippen molar-refractivity contribution in [3.8, 4) is 0 Å². The van der Waals surface area contributed by atoms with Crippen LogP contribution in [0.25, 0.3) is 0 Å². The third-order valence-electron chi connectivity index (χ3n) is 3.09. The predicted octanol–water partition coefficient (Wildman–Crippen LogP) is 2.18. The monoisotopic (exact) mass is 204 g/mol. The molecule has 0 bridgehead atoms. The highest BCUT2D eigenvalue weighted by atomic mass is 15.1. The molecule has 0 amide bonds. The molecule has 1 aromatic carbocycles. The zero-order valence-corrected chi connectivity index (χ0v) is 9.28. The van der Waals surface area contributed by atoms with Crippen LogP contribution in [0.5, 0.6) is 0 Å². The molecular formula is C13H20N2. The van der Waals surface area contributed by atoms with Crippen LogP contribution in [0.15, 0.2) is 24.3 Å². The second kappa shape index (κ2) is 5.17. The van der Waals surface area contributed by atoms with Crippen molar-refractivity contribution < 1.29 is 0 Å². The van der Waals surface area contributed by atoms with Crippen LogP contribution in [0.3, 0.4) is 0 Å². The molecule has 0 fully saturated rings. The Morgan fingerprint density at radius 3 is 2.93 bits per heavy atom. The summed E-state index contributed by atoms with van der Waals surface area (Å²) in [6.07, 6.45) is 4.88. The first kappa shape index (κ1) is 10.5. The van der Waals surface area contributed by atoms with Crippen LogP contribution in [0.2, 0.25) is 0 Å². The topological polar surface area (TPSA) is 29.3 Å². The Morgan fingerprint density at radius 1 is 1.20 bits per heavy atom. The van der Waals surface area contributed by atoms with E-state index in [9.17, 15) is 0 Å². The van der Waals surface area contributed by atoms with Crippen LogP contribution in [0.4, 0.5) is 5.69 Å². The summed E-state index contributed by atoms with van der Waals surface area (Å²) in [4.78, 5) is 2.51. The minimum absolute atomic E-state index is 0.815. The molecule has 2 rings (SSSR count). The number of rotatable bonds is 4. The van der Waals surface area contributed by atoms with Gasteiger partial charge in [0, 0.05) is 18.8 Å². The molecule has 0 aromatic heterocycles. The summed E-state index contributed by atoms with van der Waals surface area (Å²) in [6.45, 7) is 3.19. The fourth-order valence-electron chi connectivity index (χ4n) is 2.29. The highest BCUT2D eigenvalue weighted by Gasteiger charge is 2.14. The van der Waals surface area contributed by atoms with Crippen molar-refractivity contribution in [3.63, 3.8) is 0 Å². The van der Waals surface area contributed by atoms with Gasteiger partial charge in [0.25, 0.3) is 0 Å². The molecule has 0 spiro atoms. The van der Waals surface area contributed by atoms with Crippen LogP contribution in [0.1, 0.15) is 24.8 Å². The minimum Gasteiger partial charge on any atom is -0.371 e. The van der Waals surface area contributed by atoms with Crippen molar-refractivity contribution in [2.24, 2.45) is 5.73 Å². The highest BCUT2D eigenvalue weighted by Crippen LogP contribution is 2.26. The predicted molar refractivity (Wildman–Crippen MR) is 65.3 cm³/mol. The van der Waals surface area contributed by atoms with E-state index >= 15 is 0 Å². The number of unbranched alkanes of at least 4 members (excludes halogenated alkanes) is 1. The second-order valence-corrected chi connectivity index (χ2v) is 4.22. The lowest BCUT2D eigenvalue weighted by Crippen LogP contribution is -2.30. The molecule has 0 aliphatic carbocycles. The number of fused-ring (bicyclic) bond motifs is 1. The van der Waals surface area contributed by atoms with E-state index in [0.717, 1.165) is 19.5 Å². The Labute approximate surface area is 92.1 Å². The second-order valence-electron chi connectivity index (χ2n) is 4.22. The summed E-state index contributed by atoms with van der Waals surface area (Å²) in [6, 6.07) is 8.78. The van der Waals surface area contributed by atoms with E-state index in [1.807, 2.05) is 0 Å². The third kappa shape index (κ3) is 2.51. The molecule has 15 heavy (non-hydrogen) atoms. The van der Waals surface area contributed by atoms with E-state index in [1.54, 1.807) is 0 Å². The van der Waals surface area contributed by atoms with Crippen LogP contribution in [0, 0.1) is 0 Å². The molecule has 1 aliphatic rings. The Balaban J connectivity index is 2.02. The van der Waals surface area contributed by atoms with E-state index in [2.05, 4.69) is 29.2 Å². The van der Waals surface area contributed by atoms with E-state index in [1.165, 1.54) is 37.1 Å². The number of nitrogens with zero attached hydrogens (tertiary/aromatic N) is 1. The number of hydrogen-bond donors (Lipinski definition) is 1. The summed E-state index contributed by atoms with van der Waals surface area (Å²) in [5.74, 6) is 0. The lowest BCUT2D eigenvalue weighted by atomic mass is 10.0. The lowest BCUT2D eigenvalue weighted by molar-refractivity contribution is 0.647. The Hall–Kier alpha value is -1.02. The molecule has 0 unspecified atom stereocenters. The fraction of sp³-hybridized carbons (Fsp3) is 0.538. The maximum absolute atomic E-state index is 5.52. The maximum atomic E-state index is 5.52. The lowest BCUT2D eigenvalue weighted by Gasteiger charge is -2.31. The van der Waals surface area contributed by atoms with Gasteiger partial charge in [-0.15, -0.1) is 0 Å². The van der Waals surface area contributed by atoms with Crippen molar-refractivity contribution in [3.05, 3.63) is 29.8 Å². The number of anilines is 1. The maximum Gasteiger partial charge on any atom is 0.0398 e. The van der Waals surface area contributed by atoms with Gasteiger partial charge >= 0.3 is 0 Å². The molecule has 1 aromatic rings. The van der Waals surface area contributed by atoms with Gasteiger partial charge in [-0.1, -0.05) is 18.2 Å². The summed E-state index contributed by atoms with van der Waals surface area (Å²) in [7, 11) is 0. The van der Waals surface area contributed by atoms with Gasteiger partial charge in [-0.3, -0.25) is 0 Å². The van der Waals surface area contributed by atoms with Crippen molar-refractivity contribution in [2.45, 2.75) is 25.7 Å².